The van der Waals surface area contributed by atoms with Crippen LogP contribution in [0, 0.1) is 17.7 Å². The van der Waals surface area contributed by atoms with Gasteiger partial charge in [-0.05, 0) is 24.7 Å². The second-order valence-electron chi connectivity index (χ2n) is 4.59. The quantitative estimate of drug-likeness (QED) is 0.824. The van der Waals surface area contributed by atoms with Gasteiger partial charge in [0.1, 0.15) is 0 Å². The summed E-state index contributed by atoms with van der Waals surface area (Å²) >= 11 is 0. The average molecular weight is 224 g/mol. The van der Waals surface area contributed by atoms with Crippen LogP contribution < -0.4 is 11.1 Å². The first kappa shape index (κ1) is 11.1. The Bertz CT molecular complexity index is 369. The number of rotatable bonds is 3. The predicted molar refractivity (Wildman–Crippen MR) is 61.4 cm³/mol. The lowest BCUT2D eigenvalue weighted by molar-refractivity contribution is 0.533. The van der Waals surface area contributed by atoms with Gasteiger partial charge in [-0.3, -0.25) is 0 Å². The number of aromatic nitrogens is 2. The second-order valence-corrected chi connectivity index (χ2v) is 4.59. The Balaban J connectivity index is 1.91. The molecule has 1 aliphatic carbocycles. The Morgan fingerprint density at radius 2 is 2.38 bits per heavy atom. The molecule has 1 saturated carbocycles. The molecule has 3 N–H and O–H groups in total. The first-order valence-electron chi connectivity index (χ1n) is 5.67. The first-order valence-corrected chi connectivity index (χ1v) is 5.67. The van der Waals surface area contributed by atoms with E-state index in [1.807, 2.05) is 0 Å². The molecule has 16 heavy (non-hydrogen) atoms. The lowest BCUT2D eigenvalue weighted by Gasteiger charge is -2.12. The van der Waals surface area contributed by atoms with Crippen LogP contribution in [-0.4, -0.2) is 16.5 Å². The van der Waals surface area contributed by atoms with Crippen molar-refractivity contribution >= 4 is 11.8 Å². The predicted octanol–water partition coefficient (Wildman–Crippen LogP) is 2.05. The zero-order valence-electron chi connectivity index (χ0n) is 9.41. The molecule has 1 aliphatic rings. The molecule has 0 bridgehead atoms. The highest BCUT2D eigenvalue weighted by atomic mass is 19.1. The molecule has 1 aromatic heterocycles. The minimum Gasteiger partial charge on any atom is -0.368 e. The molecule has 0 saturated heterocycles. The van der Waals surface area contributed by atoms with E-state index in [1.54, 1.807) is 0 Å². The van der Waals surface area contributed by atoms with Gasteiger partial charge in [0, 0.05) is 6.54 Å². The number of hydrogen-bond donors (Lipinski definition) is 2. The minimum absolute atomic E-state index is 0.101. The van der Waals surface area contributed by atoms with E-state index >= 15 is 0 Å². The average Bonchev–Trinajstić information content (AvgIpc) is 2.66. The fourth-order valence-electron chi connectivity index (χ4n) is 2.26. The summed E-state index contributed by atoms with van der Waals surface area (Å²) < 4.78 is 13.3. The monoisotopic (exact) mass is 224 g/mol. The van der Waals surface area contributed by atoms with Crippen LogP contribution >= 0.6 is 0 Å². The fourth-order valence-corrected chi connectivity index (χ4v) is 2.26. The molecule has 0 spiro atoms. The summed E-state index contributed by atoms with van der Waals surface area (Å²) in [4.78, 5) is 7.42. The number of halogens is 1. The van der Waals surface area contributed by atoms with Crippen molar-refractivity contribution in [1.82, 2.24) is 9.97 Å². The van der Waals surface area contributed by atoms with Crippen LogP contribution in [0.15, 0.2) is 6.20 Å². The zero-order valence-corrected chi connectivity index (χ0v) is 9.41. The van der Waals surface area contributed by atoms with E-state index < -0.39 is 5.82 Å². The van der Waals surface area contributed by atoms with Gasteiger partial charge >= 0.3 is 0 Å². The third-order valence-corrected chi connectivity index (χ3v) is 3.12. The summed E-state index contributed by atoms with van der Waals surface area (Å²) in [6, 6.07) is 0. The van der Waals surface area contributed by atoms with Crippen molar-refractivity contribution in [1.29, 1.82) is 0 Å². The standard InChI is InChI=1S/C11H17FN4/c1-7-2-3-8(4-7)5-14-10-9(12)6-15-11(13)16-10/h6-8H,2-5H2,1H3,(H3,13,14,15,16). The molecule has 1 aromatic rings. The minimum atomic E-state index is -0.444. The van der Waals surface area contributed by atoms with Gasteiger partial charge in [-0.15, -0.1) is 0 Å². The number of nitrogens with two attached hydrogens (primary N) is 1. The molecular weight excluding hydrogens is 207 g/mol. The van der Waals surface area contributed by atoms with Gasteiger partial charge in [0.25, 0.3) is 0 Å². The zero-order chi connectivity index (χ0) is 11.5. The fraction of sp³-hybridized carbons (Fsp3) is 0.636. The molecule has 4 nitrogen and oxygen atoms in total. The molecule has 0 aliphatic heterocycles. The molecule has 2 rings (SSSR count). The first-order chi connectivity index (χ1) is 7.65. The van der Waals surface area contributed by atoms with E-state index in [0.717, 1.165) is 18.7 Å². The highest BCUT2D eigenvalue weighted by Gasteiger charge is 2.21. The van der Waals surface area contributed by atoms with E-state index in [-0.39, 0.29) is 11.8 Å². The van der Waals surface area contributed by atoms with Crippen LogP contribution in [0.1, 0.15) is 26.2 Å². The van der Waals surface area contributed by atoms with Crippen LogP contribution in [0.4, 0.5) is 16.2 Å². The third kappa shape index (κ3) is 2.59. The number of nitrogens with one attached hydrogen (secondary N) is 1. The van der Waals surface area contributed by atoms with Crippen molar-refractivity contribution in [2.24, 2.45) is 11.8 Å². The van der Waals surface area contributed by atoms with Crippen molar-refractivity contribution in [2.75, 3.05) is 17.6 Å². The number of nitrogen functional groups attached to an aromatic ring is 1. The topological polar surface area (TPSA) is 63.8 Å². The highest BCUT2D eigenvalue weighted by molar-refractivity contribution is 5.39. The van der Waals surface area contributed by atoms with Crippen LogP contribution in [-0.2, 0) is 0 Å². The van der Waals surface area contributed by atoms with Crippen molar-refractivity contribution in [3.8, 4) is 0 Å². The van der Waals surface area contributed by atoms with Crippen molar-refractivity contribution < 1.29 is 4.39 Å². The van der Waals surface area contributed by atoms with Gasteiger partial charge in [0.05, 0.1) is 6.20 Å². The molecule has 2 unspecified atom stereocenters. The van der Waals surface area contributed by atoms with E-state index in [9.17, 15) is 4.39 Å². The number of anilines is 2. The Labute approximate surface area is 94.5 Å². The SMILES string of the molecule is CC1CCC(CNc2nc(N)ncc2F)C1. The van der Waals surface area contributed by atoms with E-state index in [2.05, 4.69) is 22.2 Å². The van der Waals surface area contributed by atoms with Gasteiger partial charge in [-0.2, -0.15) is 4.98 Å². The summed E-state index contributed by atoms with van der Waals surface area (Å²) in [7, 11) is 0. The summed E-state index contributed by atoms with van der Waals surface area (Å²) in [5, 5.41) is 3.01. The smallest absolute Gasteiger partial charge is 0.222 e. The summed E-state index contributed by atoms with van der Waals surface area (Å²) in [5.74, 6) is 1.27. The lowest BCUT2D eigenvalue weighted by atomic mass is 10.1. The molecule has 0 radical (unpaired) electrons. The van der Waals surface area contributed by atoms with E-state index in [0.29, 0.717) is 5.92 Å². The van der Waals surface area contributed by atoms with Gasteiger partial charge in [0.15, 0.2) is 11.6 Å². The summed E-state index contributed by atoms with van der Waals surface area (Å²) in [5.41, 5.74) is 5.40. The molecular formula is C11H17FN4. The van der Waals surface area contributed by atoms with Crippen LogP contribution in [0.25, 0.3) is 0 Å². The number of hydrogen-bond acceptors (Lipinski definition) is 4. The molecule has 0 amide bonds. The molecule has 1 heterocycles. The molecule has 0 aromatic carbocycles. The maximum atomic E-state index is 13.3. The molecule has 1 fully saturated rings. The van der Waals surface area contributed by atoms with Crippen LogP contribution in [0.3, 0.4) is 0 Å². The Hall–Kier alpha value is -1.39. The summed E-state index contributed by atoms with van der Waals surface area (Å²) in [6.45, 7) is 3.01. The normalized spacial score (nSPS) is 24.6. The number of nitrogens with zero attached hydrogens (tertiary/aromatic N) is 2. The molecule has 5 heteroatoms. The molecule has 88 valence electrons. The third-order valence-electron chi connectivity index (χ3n) is 3.12. The lowest BCUT2D eigenvalue weighted by Crippen LogP contribution is -2.14. The second kappa shape index (κ2) is 4.63. The van der Waals surface area contributed by atoms with Crippen LogP contribution in [0.2, 0.25) is 0 Å². The van der Waals surface area contributed by atoms with E-state index in [1.165, 1.54) is 19.3 Å². The Morgan fingerprint density at radius 3 is 3.06 bits per heavy atom. The van der Waals surface area contributed by atoms with Gasteiger partial charge < -0.3 is 11.1 Å². The maximum absolute atomic E-state index is 13.3. The summed E-state index contributed by atoms with van der Waals surface area (Å²) in [6.07, 6.45) is 4.77. The van der Waals surface area contributed by atoms with Crippen molar-refractivity contribution in [3.63, 3.8) is 0 Å². The van der Waals surface area contributed by atoms with E-state index in [4.69, 9.17) is 5.73 Å². The van der Waals surface area contributed by atoms with Gasteiger partial charge in [-0.25, -0.2) is 9.37 Å². The maximum Gasteiger partial charge on any atom is 0.222 e. The van der Waals surface area contributed by atoms with Crippen molar-refractivity contribution in [3.05, 3.63) is 12.0 Å². The molecule has 2 atom stereocenters. The Kier molecular flexibility index (Phi) is 3.22. The Morgan fingerprint density at radius 1 is 1.56 bits per heavy atom. The van der Waals surface area contributed by atoms with Crippen molar-refractivity contribution in [2.45, 2.75) is 26.2 Å². The largest absolute Gasteiger partial charge is 0.368 e. The van der Waals surface area contributed by atoms with Crippen LogP contribution in [0.5, 0.6) is 0 Å². The van der Waals surface area contributed by atoms with Gasteiger partial charge in [0.2, 0.25) is 5.95 Å². The highest BCUT2D eigenvalue weighted by Crippen LogP contribution is 2.30. The van der Waals surface area contributed by atoms with Gasteiger partial charge in [-0.1, -0.05) is 13.3 Å².